The Morgan fingerprint density at radius 3 is 1.50 bits per heavy atom. The number of rotatable bonds is 0. The minimum Gasteiger partial charge on any atom is -0.126 e. The molecule has 0 fully saturated rings. The lowest BCUT2D eigenvalue weighted by atomic mass is 10.0. The molecule has 0 nitrogen and oxygen atoms in total. The Hall–Kier alpha value is 0.290. The molecule has 0 saturated carbocycles. The number of alkyl halides is 1. The summed E-state index contributed by atoms with van der Waals surface area (Å²) in [6.07, 6.45) is 0. The van der Waals surface area contributed by atoms with Crippen molar-refractivity contribution in [3.05, 3.63) is 0 Å². The first-order chi connectivity index (χ1) is 2.56. The molecule has 0 aliphatic heterocycles. The van der Waals surface area contributed by atoms with Gasteiger partial charge in [0.15, 0.2) is 0 Å². The molecule has 0 heterocycles. The second-order valence-electron chi connectivity index (χ2n) is 2.69. The highest BCUT2D eigenvalue weighted by Crippen LogP contribution is 2.13. The third-order valence-corrected chi connectivity index (χ3v) is 1.20. The smallest absolute Gasteiger partial charge is 0.0272 e. The van der Waals surface area contributed by atoms with Gasteiger partial charge in [-0.05, 0) is 5.41 Å². The summed E-state index contributed by atoms with van der Waals surface area (Å²) >= 11 is 5.48. The van der Waals surface area contributed by atoms with Crippen molar-refractivity contribution in [1.29, 1.82) is 0 Å². The monoisotopic (exact) mass is 106 g/mol. The third-order valence-electron chi connectivity index (χ3n) is 0.401. The zero-order valence-electron chi connectivity index (χ0n) is 4.59. The van der Waals surface area contributed by atoms with E-state index >= 15 is 0 Å². The van der Waals surface area contributed by atoms with Crippen LogP contribution in [0.1, 0.15) is 20.8 Å². The van der Waals surface area contributed by atoms with E-state index in [2.05, 4.69) is 20.8 Å². The zero-order chi connectivity index (χ0) is 5.21. The Balaban J connectivity index is 3.17. The van der Waals surface area contributed by atoms with Crippen molar-refractivity contribution < 1.29 is 0 Å². The number of hydrogen-bond donors (Lipinski definition) is 0. The molecule has 0 radical (unpaired) electrons. The quantitative estimate of drug-likeness (QED) is 0.416. The first-order valence-corrected chi connectivity index (χ1v) is 2.66. The van der Waals surface area contributed by atoms with Gasteiger partial charge in [0.25, 0.3) is 0 Å². The summed E-state index contributed by atoms with van der Waals surface area (Å²) in [5.74, 6) is 0.743. The van der Waals surface area contributed by atoms with Crippen molar-refractivity contribution in [3.63, 3.8) is 0 Å². The predicted molar refractivity (Wildman–Crippen MR) is 30.2 cm³/mol. The summed E-state index contributed by atoms with van der Waals surface area (Å²) in [5, 5.41) is 0. The average molecular weight is 107 g/mol. The van der Waals surface area contributed by atoms with Crippen molar-refractivity contribution >= 4 is 11.6 Å². The number of halogens is 1. The molecular weight excluding hydrogens is 95.5 g/mol. The fourth-order valence-electron chi connectivity index (χ4n) is 0. The van der Waals surface area contributed by atoms with Crippen molar-refractivity contribution in [1.82, 2.24) is 0 Å². The topological polar surface area (TPSA) is 0 Å². The Bertz CT molecular complexity index is 33.7. The summed E-state index contributed by atoms with van der Waals surface area (Å²) in [6.45, 7) is 6.33. The molecule has 0 atom stereocenters. The standard InChI is InChI=1S/C5H11Cl/c1-5(2,3)4-6/h4H2,1-3H3. The highest BCUT2D eigenvalue weighted by atomic mass is 35.5. The Kier molecular flexibility index (Phi) is 1.92. The lowest BCUT2D eigenvalue weighted by Gasteiger charge is -2.10. The first-order valence-electron chi connectivity index (χ1n) is 2.12. The molecule has 38 valence electrons. The molecule has 6 heavy (non-hydrogen) atoms. The molecule has 1 heteroatoms. The molecule has 0 unspecified atom stereocenters. The van der Waals surface area contributed by atoms with Crippen molar-refractivity contribution in [2.45, 2.75) is 20.8 Å². The van der Waals surface area contributed by atoms with Crippen LogP contribution in [0.5, 0.6) is 0 Å². The Labute approximate surface area is 44.5 Å². The molecule has 0 aromatic rings. The Morgan fingerprint density at radius 2 is 1.50 bits per heavy atom. The lowest BCUT2D eigenvalue weighted by molar-refractivity contribution is 0.477. The van der Waals surface area contributed by atoms with Gasteiger partial charge in [-0.2, -0.15) is 0 Å². The molecule has 0 N–H and O–H groups in total. The average Bonchev–Trinajstić information content (AvgIpc) is 1.35. The molecule has 0 bridgehead atoms. The van der Waals surface area contributed by atoms with E-state index in [4.69, 9.17) is 11.6 Å². The van der Waals surface area contributed by atoms with E-state index < -0.39 is 0 Å². The Morgan fingerprint density at radius 1 is 1.33 bits per heavy atom. The van der Waals surface area contributed by atoms with Gasteiger partial charge < -0.3 is 0 Å². The van der Waals surface area contributed by atoms with Gasteiger partial charge in [-0.1, -0.05) is 20.8 Å². The summed E-state index contributed by atoms with van der Waals surface area (Å²) in [7, 11) is 0. The molecule has 0 aromatic heterocycles. The maximum Gasteiger partial charge on any atom is 0.0272 e. The van der Waals surface area contributed by atoms with Crippen LogP contribution in [0.3, 0.4) is 0 Å². The van der Waals surface area contributed by atoms with Gasteiger partial charge in [-0.25, -0.2) is 0 Å². The highest BCUT2D eigenvalue weighted by Gasteiger charge is 2.05. The van der Waals surface area contributed by atoms with Crippen LogP contribution in [-0.4, -0.2) is 5.88 Å². The van der Waals surface area contributed by atoms with Crippen molar-refractivity contribution in [2.24, 2.45) is 5.41 Å². The van der Waals surface area contributed by atoms with Crippen LogP contribution in [0, 0.1) is 5.41 Å². The van der Waals surface area contributed by atoms with Crippen LogP contribution < -0.4 is 0 Å². The van der Waals surface area contributed by atoms with E-state index in [0.29, 0.717) is 5.41 Å². The van der Waals surface area contributed by atoms with E-state index in [0.717, 1.165) is 5.88 Å². The van der Waals surface area contributed by atoms with Gasteiger partial charge in [-0.3, -0.25) is 0 Å². The molecule has 0 amide bonds. The molecule has 0 rings (SSSR count). The minimum atomic E-state index is 0.307. The largest absolute Gasteiger partial charge is 0.126 e. The van der Waals surface area contributed by atoms with Crippen molar-refractivity contribution in [2.75, 3.05) is 5.88 Å². The predicted octanol–water partition coefficient (Wildman–Crippen LogP) is 2.27. The maximum atomic E-state index is 5.48. The van der Waals surface area contributed by atoms with Gasteiger partial charge >= 0.3 is 0 Å². The van der Waals surface area contributed by atoms with E-state index in [1.165, 1.54) is 0 Å². The highest BCUT2D eigenvalue weighted by molar-refractivity contribution is 6.18. The first kappa shape index (κ1) is 6.29. The van der Waals surface area contributed by atoms with E-state index in [1.807, 2.05) is 0 Å². The van der Waals surface area contributed by atoms with Crippen LogP contribution in [0.2, 0.25) is 0 Å². The van der Waals surface area contributed by atoms with E-state index in [-0.39, 0.29) is 0 Å². The van der Waals surface area contributed by atoms with E-state index in [1.54, 1.807) is 0 Å². The second-order valence-corrected chi connectivity index (χ2v) is 2.96. The van der Waals surface area contributed by atoms with Crippen molar-refractivity contribution in [3.8, 4) is 0 Å². The van der Waals surface area contributed by atoms with Gasteiger partial charge in [0.2, 0.25) is 0 Å². The fourth-order valence-corrected chi connectivity index (χ4v) is 0. The maximum absolute atomic E-state index is 5.48. The molecule has 0 saturated heterocycles. The normalized spacial score (nSPS) is 12.0. The van der Waals surface area contributed by atoms with Crippen LogP contribution >= 0.6 is 11.6 Å². The lowest BCUT2D eigenvalue weighted by Crippen LogP contribution is -2.05. The van der Waals surface area contributed by atoms with Crippen LogP contribution in [0.4, 0.5) is 0 Å². The molecule has 0 spiro atoms. The van der Waals surface area contributed by atoms with Crippen LogP contribution in [0.15, 0.2) is 0 Å². The summed E-state index contributed by atoms with van der Waals surface area (Å²) in [6, 6.07) is 0. The van der Waals surface area contributed by atoms with Gasteiger partial charge in [0.05, 0.1) is 0 Å². The summed E-state index contributed by atoms with van der Waals surface area (Å²) < 4.78 is 0. The molecular formula is C5H11Cl. The zero-order valence-corrected chi connectivity index (χ0v) is 5.34. The molecule has 0 aliphatic rings. The SMILES string of the molecule is CC(C)(C)CCl. The van der Waals surface area contributed by atoms with Gasteiger partial charge in [-0.15, -0.1) is 11.6 Å². The third kappa shape index (κ3) is 4.29. The summed E-state index contributed by atoms with van der Waals surface area (Å²) in [4.78, 5) is 0. The molecule has 0 aromatic carbocycles. The molecule has 0 aliphatic carbocycles. The summed E-state index contributed by atoms with van der Waals surface area (Å²) in [5.41, 5.74) is 0.307. The number of hydrogen-bond acceptors (Lipinski definition) is 0. The van der Waals surface area contributed by atoms with Crippen LogP contribution in [-0.2, 0) is 0 Å². The van der Waals surface area contributed by atoms with Gasteiger partial charge in [0.1, 0.15) is 0 Å². The second kappa shape index (κ2) is 1.83. The van der Waals surface area contributed by atoms with E-state index in [9.17, 15) is 0 Å². The van der Waals surface area contributed by atoms with Crippen LogP contribution in [0.25, 0.3) is 0 Å². The fraction of sp³-hybridized carbons (Fsp3) is 1.00. The van der Waals surface area contributed by atoms with Gasteiger partial charge in [0, 0.05) is 5.88 Å². The minimum absolute atomic E-state index is 0.307.